The maximum absolute atomic E-state index is 12.6. The summed E-state index contributed by atoms with van der Waals surface area (Å²) in [5.41, 5.74) is 4.27. The highest BCUT2D eigenvalue weighted by Crippen LogP contribution is 2.25. The van der Waals surface area contributed by atoms with Gasteiger partial charge in [-0.3, -0.25) is 9.59 Å². The number of benzene rings is 3. The Kier molecular flexibility index (Phi) is 6.29. The summed E-state index contributed by atoms with van der Waals surface area (Å²) >= 11 is 0. The predicted octanol–water partition coefficient (Wildman–Crippen LogP) is 4.77. The molecule has 0 bridgehead atoms. The fraction of sp³-hybridized carbons (Fsp3) is 0.167. The van der Waals surface area contributed by atoms with Crippen LogP contribution in [0.1, 0.15) is 27.0 Å². The molecule has 148 valence electrons. The monoisotopic (exact) mass is 388 g/mol. The highest BCUT2D eigenvalue weighted by molar-refractivity contribution is 6.01. The molecule has 5 heteroatoms. The highest BCUT2D eigenvalue weighted by atomic mass is 16.5. The van der Waals surface area contributed by atoms with Gasteiger partial charge < -0.3 is 15.4 Å². The zero-order valence-electron chi connectivity index (χ0n) is 16.8. The second kappa shape index (κ2) is 9.06. The first-order chi connectivity index (χ1) is 13.9. The van der Waals surface area contributed by atoms with Crippen molar-refractivity contribution < 1.29 is 14.3 Å². The van der Waals surface area contributed by atoms with E-state index in [-0.39, 0.29) is 18.4 Å². The molecule has 0 radical (unpaired) electrons. The molecule has 0 aliphatic carbocycles. The van der Waals surface area contributed by atoms with Crippen LogP contribution < -0.4 is 15.4 Å². The van der Waals surface area contributed by atoms with Gasteiger partial charge in [-0.05, 0) is 56.2 Å². The Morgan fingerprint density at radius 3 is 2.17 bits per heavy atom. The third kappa shape index (κ3) is 5.23. The normalized spacial score (nSPS) is 10.3. The zero-order chi connectivity index (χ0) is 20.8. The summed E-state index contributed by atoms with van der Waals surface area (Å²) in [6.07, 6.45) is 0. The number of hydrogen-bond acceptors (Lipinski definition) is 3. The molecule has 0 aromatic heterocycles. The highest BCUT2D eigenvalue weighted by Gasteiger charge is 2.15. The molecule has 0 aliphatic rings. The molecular formula is C24H24N2O3. The van der Waals surface area contributed by atoms with Crippen LogP contribution in [0.2, 0.25) is 0 Å². The molecule has 0 heterocycles. The molecule has 29 heavy (non-hydrogen) atoms. The second-order valence-electron chi connectivity index (χ2n) is 6.92. The number of rotatable bonds is 6. The van der Waals surface area contributed by atoms with Crippen molar-refractivity contribution in [1.82, 2.24) is 5.32 Å². The van der Waals surface area contributed by atoms with E-state index in [0.29, 0.717) is 17.1 Å². The van der Waals surface area contributed by atoms with Crippen molar-refractivity contribution in [1.29, 1.82) is 0 Å². The Morgan fingerprint density at radius 1 is 0.862 bits per heavy atom. The minimum atomic E-state index is -0.371. The van der Waals surface area contributed by atoms with Crippen molar-refractivity contribution in [3.8, 4) is 11.5 Å². The van der Waals surface area contributed by atoms with Crippen LogP contribution in [0.4, 0.5) is 5.69 Å². The van der Waals surface area contributed by atoms with Gasteiger partial charge in [-0.25, -0.2) is 0 Å². The average molecular weight is 388 g/mol. The molecule has 3 rings (SSSR count). The summed E-state index contributed by atoms with van der Waals surface area (Å²) in [7, 11) is 0. The SMILES string of the molecule is Cc1cc(C)c(NC(=O)CNC(=O)c2ccccc2Oc2ccccc2)c(C)c1. The maximum atomic E-state index is 12.6. The molecule has 0 aliphatic heterocycles. The Hall–Kier alpha value is -3.60. The van der Waals surface area contributed by atoms with Gasteiger partial charge in [-0.2, -0.15) is 0 Å². The maximum Gasteiger partial charge on any atom is 0.255 e. The van der Waals surface area contributed by atoms with Crippen LogP contribution in [0, 0.1) is 20.8 Å². The van der Waals surface area contributed by atoms with Crippen LogP contribution >= 0.6 is 0 Å². The molecule has 2 N–H and O–H groups in total. The van der Waals surface area contributed by atoms with Gasteiger partial charge in [-0.1, -0.05) is 48.0 Å². The second-order valence-corrected chi connectivity index (χ2v) is 6.92. The van der Waals surface area contributed by atoms with E-state index < -0.39 is 0 Å². The standard InChI is InChI=1S/C24H24N2O3/c1-16-13-17(2)23(18(3)14-16)26-22(27)15-25-24(28)20-11-7-8-12-21(20)29-19-9-5-4-6-10-19/h4-14H,15H2,1-3H3,(H,25,28)(H,26,27). The Labute approximate surface area is 170 Å². The first-order valence-corrected chi connectivity index (χ1v) is 9.42. The molecule has 0 unspecified atom stereocenters. The molecule has 0 fully saturated rings. The third-order valence-electron chi connectivity index (χ3n) is 4.45. The van der Waals surface area contributed by atoms with Gasteiger partial charge >= 0.3 is 0 Å². The summed E-state index contributed by atoms with van der Waals surface area (Å²) < 4.78 is 5.81. The van der Waals surface area contributed by atoms with Crippen molar-refractivity contribution in [3.05, 3.63) is 89.0 Å². The molecule has 5 nitrogen and oxygen atoms in total. The van der Waals surface area contributed by atoms with Gasteiger partial charge in [0.05, 0.1) is 12.1 Å². The molecule has 0 saturated carbocycles. The summed E-state index contributed by atoms with van der Waals surface area (Å²) in [5.74, 6) is 0.413. The molecule has 0 atom stereocenters. The molecule has 3 aromatic carbocycles. The first-order valence-electron chi connectivity index (χ1n) is 9.42. The van der Waals surface area contributed by atoms with E-state index in [1.54, 1.807) is 24.3 Å². The van der Waals surface area contributed by atoms with Gasteiger partial charge in [0.1, 0.15) is 11.5 Å². The smallest absolute Gasteiger partial charge is 0.255 e. The minimum Gasteiger partial charge on any atom is -0.457 e. The number of ether oxygens (including phenoxy) is 1. The van der Waals surface area contributed by atoms with E-state index in [1.807, 2.05) is 63.2 Å². The van der Waals surface area contributed by atoms with E-state index in [9.17, 15) is 9.59 Å². The summed E-state index contributed by atoms with van der Waals surface area (Å²) in [5, 5.41) is 5.55. The average Bonchev–Trinajstić information content (AvgIpc) is 2.70. The van der Waals surface area contributed by atoms with Crippen molar-refractivity contribution in [2.75, 3.05) is 11.9 Å². The topological polar surface area (TPSA) is 67.4 Å². The van der Waals surface area contributed by atoms with Crippen LogP contribution in [0.15, 0.2) is 66.7 Å². The lowest BCUT2D eigenvalue weighted by Crippen LogP contribution is -2.33. The van der Waals surface area contributed by atoms with E-state index in [0.717, 1.165) is 22.4 Å². The number of amides is 2. The Balaban J connectivity index is 1.65. The largest absolute Gasteiger partial charge is 0.457 e. The lowest BCUT2D eigenvalue weighted by molar-refractivity contribution is -0.115. The fourth-order valence-electron chi connectivity index (χ4n) is 3.18. The van der Waals surface area contributed by atoms with Gasteiger partial charge in [0.15, 0.2) is 0 Å². The third-order valence-corrected chi connectivity index (χ3v) is 4.45. The Morgan fingerprint density at radius 2 is 1.48 bits per heavy atom. The number of aryl methyl sites for hydroxylation is 3. The van der Waals surface area contributed by atoms with Crippen molar-refractivity contribution in [2.45, 2.75) is 20.8 Å². The molecule has 2 amide bonds. The van der Waals surface area contributed by atoms with Crippen LogP contribution in [0.25, 0.3) is 0 Å². The van der Waals surface area contributed by atoms with Crippen LogP contribution in [-0.4, -0.2) is 18.4 Å². The predicted molar refractivity (Wildman–Crippen MR) is 115 cm³/mol. The van der Waals surface area contributed by atoms with E-state index >= 15 is 0 Å². The van der Waals surface area contributed by atoms with Crippen LogP contribution in [-0.2, 0) is 4.79 Å². The van der Waals surface area contributed by atoms with Gasteiger partial charge in [0.25, 0.3) is 5.91 Å². The fourth-order valence-corrected chi connectivity index (χ4v) is 3.18. The van der Waals surface area contributed by atoms with Gasteiger partial charge in [0, 0.05) is 5.69 Å². The van der Waals surface area contributed by atoms with Gasteiger partial charge in [0.2, 0.25) is 5.91 Å². The molecule has 0 spiro atoms. The quantitative estimate of drug-likeness (QED) is 0.639. The van der Waals surface area contributed by atoms with Crippen LogP contribution in [0.5, 0.6) is 11.5 Å². The lowest BCUT2D eigenvalue weighted by atomic mass is 10.1. The van der Waals surface area contributed by atoms with E-state index in [1.165, 1.54) is 0 Å². The summed E-state index contributed by atoms with van der Waals surface area (Å²) in [4.78, 5) is 25.0. The number of anilines is 1. The van der Waals surface area contributed by atoms with Crippen molar-refractivity contribution in [3.63, 3.8) is 0 Å². The molecule has 3 aromatic rings. The number of nitrogens with one attached hydrogen (secondary N) is 2. The lowest BCUT2D eigenvalue weighted by Gasteiger charge is -2.14. The Bertz CT molecular complexity index is 1010. The molecule has 0 saturated heterocycles. The number of carbonyl (C=O) groups is 2. The number of carbonyl (C=O) groups excluding carboxylic acids is 2. The summed E-state index contributed by atoms with van der Waals surface area (Å²) in [6.45, 7) is 5.78. The minimum absolute atomic E-state index is 0.134. The van der Waals surface area contributed by atoms with Crippen molar-refractivity contribution in [2.24, 2.45) is 0 Å². The van der Waals surface area contributed by atoms with E-state index in [4.69, 9.17) is 4.74 Å². The van der Waals surface area contributed by atoms with Crippen molar-refractivity contribution >= 4 is 17.5 Å². The van der Waals surface area contributed by atoms with Crippen LogP contribution in [0.3, 0.4) is 0 Å². The number of para-hydroxylation sites is 2. The first kappa shape index (κ1) is 20.1. The van der Waals surface area contributed by atoms with E-state index in [2.05, 4.69) is 10.6 Å². The van der Waals surface area contributed by atoms with Gasteiger partial charge in [-0.15, -0.1) is 0 Å². The summed E-state index contributed by atoms with van der Waals surface area (Å²) in [6, 6.07) is 20.2. The zero-order valence-corrected chi connectivity index (χ0v) is 16.8. The molecular weight excluding hydrogens is 364 g/mol. The number of hydrogen-bond donors (Lipinski definition) is 2.